The van der Waals surface area contributed by atoms with Gasteiger partial charge in [-0.25, -0.2) is 0 Å². The summed E-state index contributed by atoms with van der Waals surface area (Å²) in [5.74, 6) is -2.45. The van der Waals surface area contributed by atoms with E-state index in [0.29, 0.717) is 18.5 Å². The van der Waals surface area contributed by atoms with Crippen molar-refractivity contribution >= 4 is 33.5 Å². The molecule has 1 aromatic carbocycles. The van der Waals surface area contributed by atoms with Crippen LogP contribution in [0.25, 0.3) is 11.3 Å². The summed E-state index contributed by atoms with van der Waals surface area (Å²) in [5, 5.41) is 16.8. The lowest BCUT2D eigenvalue weighted by Crippen LogP contribution is -2.36. The van der Waals surface area contributed by atoms with Gasteiger partial charge in [0.05, 0.1) is 16.3 Å². The Labute approximate surface area is 166 Å². The lowest BCUT2D eigenvalue weighted by molar-refractivity contribution is -0.146. The fourth-order valence-corrected chi connectivity index (χ4v) is 4.07. The van der Waals surface area contributed by atoms with E-state index in [9.17, 15) is 14.7 Å². The first-order chi connectivity index (χ1) is 12.8. The maximum absolute atomic E-state index is 12.8. The van der Waals surface area contributed by atoms with Crippen LogP contribution in [0.5, 0.6) is 0 Å². The van der Waals surface area contributed by atoms with Gasteiger partial charge in [-0.15, -0.1) is 0 Å². The summed E-state index contributed by atoms with van der Waals surface area (Å²) in [6.07, 6.45) is 2.75. The van der Waals surface area contributed by atoms with Crippen molar-refractivity contribution in [2.75, 3.05) is 5.32 Å². The first kappa shape index (κ1) is 19.4. The number of anilines is 1. The molecule has 2 N–H and O–H groups in total. The molecule has 6 nitrogen and oxygen atoms in total. The highest BCUT2D eigenvalue weighted by Gasteiger charge is 2.37. The van der Waals surface area contributed by atoms with Gasteiger partial charge in [0.15, 0.2) is 0 Å². The SMILES string of the molecule is CC1=C(C)C[C@@H](C(=O)O)[C@@H](C(=O)Nc2cccc(-c3nn(C)cc3Br)c2)C1. The van der Waals surface area contributed by atoms with Crippen molar-refractivity contribution in [1.29, 1.82) is 0 Å². The van der Waals surface area contributed by atoms with Crippen LogP contribution in [0.4, 0.5) is 5.69 Å². The topological polar surface area (TPSA) is 84.2 Å². The van der Waals surface area contributed by atoms with Crippen LogP contribution in [-0.2, 0) is 16.6 Å². The third-order valence-corrected chi connectivity index (χ3v) is 5.69. The van der Waals surface area contributed by atoms with E-state index >= 15 is 0 Å². The third-order valence-electron chi connectivity index (χ3n) is 5.11. The maximum Gasteiger partial charge on any atom is 0.307 e. The first-order valence-electron chi connectivity index (χ1n) is 8.74. The molecule has 142 valence electrons. The fraction of sp³-hybridized carbons (Fsp3) is 0.350. The zero-order valence-corrected chi connectivity index (χ0v) is 17.1. The fourth-order valence-electron chi connectivity index (χ4n) is 3.46. The Kier molecular flexibility index (Phi) is 5.51. The minimum absolute atomic E-state index is 0.258. The molecular formula is C20H22BrN3O3. The Morgan fingerprint density at radius 1 is 1.22 bits per heavy atom. The molecule has 0 saturated heterocycles. The number of halogens is 1. The van der Waals surface area contributed by atoms with E-state index in [2.05, 4.69) is 26.3 Å². The molecule has 3 rings (SSSR count). The molecule has 1 aromatic heterocycles. The highest BCUT2D eigenvalue weighted by Crippen LogP contribution is 2.35. The highest BCUT2D eigenvalue weighted by molar-refractivity contribution is 9.10. The average molecular weight is 432 g/mol. The summed E-state index contributed by atoms with van der Waals surface area (Å²) in [5.41, 5.74) is 4.44. The zero-order chi connectivity index (χ0) is 19.7. The standard InChI is InChI=1S/C20H22BrN3O3/c1-11-7-15(16(20(26)27)8-12(11)2)19(25)22-14-6-4-5-13(9-14)18-17(21)10-24(3)23-18/h4-6,9-10,15-16H,7-8H2,1-3H3,(H,22,25)(H,26,27)/t15-,16+/m0/s1. The predicted octanol–water partition coefficient (Wildman–Crippen LogP) is 4.24. The van der Waals surface area contributed by atoms with Crippen molar-refractivity contribution < 1.29 is 14.7 Å². The Hall–Kier alpha value is -2.41. The number of aliphatic carboxylic acids is 1. The summed E-state index contributed by atoms with van der Waals surface area (Å²) < 4.78 is 2.57. The van der Waals surface area contributed by atoms with Gasteiger partial charge in [-0.1, -0.05) is 23.3 Å². The monoisotopic (exact) mass is 431 g/mol. The van der Waals surface area contributed by atoms with E-state index in [4.69, 9.17) is 0 Å². The largest absolute Gasteiger partial charge is 0.481 e. The minimum Gasteiger partial charge on any atom is -0.481 e. The van der Waals surface area contributed by atoms with Gasteiger partial charge < -0.3 is 10.4 Å². The van der Waals surface area contributed by atoms with Crippen LogP contribution in [0.15, 0.2) is 46.1 Å². The number of nitrogens with one attached hydrogen (secondary N) is 1. The second-order valence-corrected chi connectivity index (χ2v) is 7.94. The van der Waals surface area contributed by atoms with Gasteiger partial charge >= 0.3 is 5.97 Å². The van der Waals surface area contributed by atoms with Crippen LogP contribution >= 0.6 is 15.9 Å². The predicted molar refractivity (Wildman–Crippen MR) is 107 cm³/mol. The summed E-state index contributed by atoms with van der Waals surface area (Å²) in [6, 6.07) is 7.40. The summed E-state index contributed by atoms with van der Waals surface area (Å²) in [6.45, 7) is 3.90. The highest BCUT2D eigenvalue weighted by atomic mass is 79.9. The lowest BCUT2D eigenvalue weighted by atomic mass is 9.76. The molecule has 0 saturated carbocycles. The molecule has 27 heavy (non-hydrogen) atoms. The molecule has 7 heteroatoms. The van der Waals surface area contributed by atoms with E-state index in [-0.39, 0.29) is 5.91 Å². The molecule has 0 spiro atoms. The van der Waals surface area contributed by atoms with E-state index in [1.807, 2.05) is 45.3 Å². The van der Waals surface area contributed by atoms with Crippen molar-refractivity contribution in [3.8, 4) is 11.3 Å². The average Bonchev–Trinajstić information content (AvgIpc) is 2.95. The molecule has 1 heterocycles. The molecule has 0 aliphatic heterocycles. The summed E-state index contributed by atoms with van der Waals surface area (Å²) in [7, 11) is 1.84. The number of carboxylic acids is 1. The number of nitrogens with zero attached hydrogens (tertiary/aromatic N) is 2. The van der Waals surface area contributed by atoms with Gasteiger partial charge in [0.1, 0.15) is 5.69 Å². The van der Waals surface area contributed by atoms with Crippen LogP contribution in [0.1, 0.15) is 26.7 Å². The summed E-state index contributed by atoms with van der Waals surface area (Å²) in [4.78, 5) is 24.5. The van der Waals surface area contributed by atoms with Crippen LogP contribution < -0.4 is 5.32 Å². The molecule has 2 aromatic rings. The van der Waals surface area contributed by atoms with E-state index in [1.165, 1.54) is 0 Å². The van der Waals surface area contributed by atoms with Gasteiger partial charge in [0.2, 0.25) is 5.91 Å². The number of hydrogen-bond acceptors (Lipinski definition) is 3. The smallest absolute Gasteiger partial charge is 0.307 e. The number of carbonyl (C=O) groups excluding carboxylic acids is 1. The Balaban J connectivity index is 1.83. The van der Waals surface area contributed by atoms with Crippen molar-refractivity contribution in [1.82, 2.24) is 9.78 Å². The molecule has 0 unspecified atom stereocenters. The van der Waals surface area contributed by atoms with E-state index in [0.717, 1.165) is 26.9 Å². The molecule has 1 aliphatic rings. The maximum atomic E-state index is 12.8. The zero-order valence-electron chi connectivity index (χ0n) is 15.5. The molecule has 0 fully saturated rings. The molecule has 2 atom stereocenters. The molecule has 0 bridgehead atoms. The second kappa shape index (κ2) is 7.68. The van der Waals surface area contributed by atoms with Crippen molar-refractivity contribution in [2.45, 2.75) is 26.7 Å². The van der Waals surface area contributed by atoms with Crippen LogP contribution in [-0.4, -0.2) is 26.8 Å². The number of carboxylic acid groups (broad SMARTS) is 1. The van der Waals surface area contributed by atoms with Gasteiger partial charge in [-0.2, -0.15) is 5.10 Å². The number of aryl methyl sites for hydroxylation is 1. The second-order valence-electron chi connectivity index (χ2n) is 7.09. The van der Waals surface area contributed by atoms with Gasteiger partial charge in [0.25, 0.3) is 0 Å². The van der Waals surface area contributed by atoms with Crippen molar-refractivity contribution in [2.24, 2.45) is 18.9 Å². The Morgan fingerprint density at radius 2 is 1.89 bits per heavy atom. The molecule has 0 radical (unpaired) electrons. The number of carbonyl (C=O) groups is 2. The van der Waals surface area contributed by atoms with Crippen molar-refractivity contribution in [3.05, 3.63) is 46.1 Å². The number of aromatic nitrogens is 2. The lowest BCUT2D eigenvalue weighted by Gasteiger charge is -2.29. The van der Waals surface area contributed by atoms with Crippen LogP contribution in [0.2, 0.25) is 0 Å². The van der Waals surface area contributed by atoms with Gasteiger partial charge in [0, 0.05) is 24.5 Å². The first-order valence-corrected chi connectivity index (χ1v) is 9.54. The minimum atomic E-state index is -0.923. The number of amides is 1. The third kappa shape index (κ3) is 4.13. The molecular weight excluding hydrogens is 410 g/mol. The van der Waals surface area contributed by atoms with Gasteiger partial charge in [-0.05, 0) is 54.8 Å². The normalized spacial score (nSPS) is 19.9. The number of rotatable bonds is 4. The number of allylic oxidation sites excluding steroid dienone is 2. The van der Waals surface area contributed by atoms with Crippen molar-refractivity contribution in [3.63, 3.8) is 0 Å². The number of benzene rings is 1. The van der Waals surface area contributed by atoms with E-state index in [1.54, 1.807) is 10.7 Å². The molecule has 1 amide bonds. The quantitative estimate of drug-likeness (QED) is 0.709. The summed E-state index contributed by atoms with van der Waals surface area (Å²) >= 11 is 3.49. The van der Waals surface area contributed by atoms with Crippen LogP contribution in [0.3, 0.4) is 0 Å². The Morgan fingerprint density at radius 3 is 2.48 bits per heavy atom. The van der Waals surface area contributed by atoms with Crippen LogP contribution in [0, 0.1) is 11.8 Å². The van der Waals surface area contributed by atoms with Gasteiger partial charge in [-0.3, -0.25) is 14.3 Å². The van der Waals surface area contributed by atoms with E-state index < -0.39 is 17.8 Å². The Bertz CT molecular complexity index is 932. The number of hydrogen-bond donors (Lipinski definition) is 2. The molecule has 1 aliphatic carbocycles.